The number of benzene rings is 2. The van der Waals surface area contributed by atoms with Crippen LogP contribution in [-0.4, -0.2) is 29.3 Å². The molecule has 1 saturated heterocycles. The molecule has 0 saturated carbocycles. The van der Waals surface area contributed by atoms with E-state index in [2.05, 4.69) is 16.7 Å². The lowest BCUT2D eigenvalue weighted by Gasteiger charge is -2.13. The van der Waals surface area contributed by atoms with Crippen LogP contribution in [0.3, 0.4) is 0 Å². The Morgan fingerprint density at radius 2 is 1.88 bits per heavy atom. The number of hydrogen-bond donors (Lipinski definition) is 2. The van der Waals surface area contributed by atoms with E-state index < -0.39 is 24.4 Å². The quantitative estimate of drug-likeness (QED) is 0.445. The molecule has 3 aromatic rings. The van der Waals surface area contributed by atoms with Gasteiger partial charge in [-0.2, -0.15) is 5.26 Å². The molecule has 0 spiro atoms. The first kappa shape index (κ1) is 21.6. The summed E-state index contributed by atoms with van der Waals surface area (Å²) < 4.78 is 5.75. The predicted octanol–water partition coefficient (Wildman–Crippen LogP) is 3.91. The Hall–Kier alpha value is -4.64. The van der Waals surface area contributed by atoms with E-state index in [1.54, 1.807) is 48.5 Å². The van der Waals surface area contributed by atoms with Crippen LogP contribution in [0.5, 0.6) is 0 Å². The second-order valence-electron chi connectivity index (χ2n) is 7.30. The summed E-state index contributed by atoms with van der Waals surface area (Å²) in [5, 5.41) is 14.5. The number of carbonyl (C=O) groups excluding carboxylic acids is 3. The van der Waals surface area contributed by atoms with Gasteiger partial charge in [0.1, 0.15) is 23.8 Å². The van der Waals surface area contributed by atoms with Crippen molar-refractivity contribution in [2.24, 2.45) is 0 Å². The zero-order chi connectivity index (χ0) is 23.4. The van der Waals surface area contributed by atoms with Gasteiger partial charge in [0.15, 0.2) is 0 Å². The van der Waals surface area contributed by atoms with E-state index in [1.165, 1.54) is 6.08 Å². The Bertz CT molecular complexity index is 1320. The molecule has 0 aliphatic carbocycles. The van der Waals surface area contributed by atoms with Crippen molar-refractivity contribution in [3.05, 3.63) is 83.2 Å². The number of nitriles is 1. The predicted molar refractivity (Wildman–Crippen MR) is 122 cm³/mol. The lowest BCUT2D eigenvalue weighted by Crippen LogP contribution is -2.38. The number of rotatable bonds is 6. The first-order valence-corrected chi connectivity index (χ1v) is 10.3. The third kappa shape index (κ3) is 4.52. The maximum absolute atomic E-state index is 12.7. The summed E-state index contributed by atoms with van der Waals surface area (Å²) in [5.41, 5.74) is 2.68. The van der Waals surface area contributed by atoms with Crippen LogP contribution in [0, 0.1) is 11.3 Å². The number of carbonyl (C=O) groups is 3. The van der Waals surface area contributed by atoms with E-state index in [0.717, 1.165) is 16.9 Å². The maximum atomic E-state index is 12.7. The lowest BCUT2D eigenvalue weighted by molar-refractivity contribution is -0.127. The van der Waals surface area contributed by atoms with Gasteiger partial charge in [-0.3, -0.25) is 9.59 Å². The van der Waals surface area contributed by atoms with Crippen LogP contribution in [0.4, 0.5) is 10.5 Å². The Balaban J connectivity index is 1.48. The van der Waals surface area contributed by atoms with Gasteiger partial charge in [0, 0.05) is 17.3 Å². The van der Waals surface area contributed by atoms with Crippen LogP contribution < -0.4 is 10.6 Å². The first-order chi connectivity index (χ1) is 16.0. The molecule has 1 aliphatic rings. The van der Waals surface area contributed by atoms with E-state index in [-0.39, 0.29) is 5.70 Å². The van der Waals surface area contributed by atoms with Crippen LogP contribution in [0.25, 0.3) is 17.4 Å². The highest BCUT2D eigenvalue weighted by atomic mass is 16.3. The Kier molecular flexibility index (Phi) is 6.04. The summed E-state index contributed by atoms with van der Waals surface area (Å²) in [4.78, 5) is 38.3. The van der Waals surface area contributed by atoms with Gasteiger partial charge in [0.2, 0.25) is 5.91 Å². The molecule has 1 aromatic heterocycles. The number of para-hydroxylation sites is 1. The van der Waals surface area contributed by atoms with Crippen molar-refractivity contribution in [3.8, 4) is 17.4 Å². The zero-order valence-corrected chi connectivity index (χ0v) is 17.8. The number of furan rings is 1. The van der Waals surface area contributed by atoms with E-state index in [4.69, 9.17) is 4.42 Å². The van der Waals surface area contributed by atoms with Gasteiger partial charge in [-0.05, 0) is 42.3 Å². The molecule has 0 atom stereocenters. The molecule has 2 aromatic carbocycles. The molecule has 8 nitrogen and oxygen atoms in total. The van der Waals surface area contributed by atoms with Crippen LogP contribution in [0.1, 0.15) is 23.8 Å². The van der Waals surface area contributed by atoms with Crippen molar-refractivity contribution >= 4 is 29.6 Å². The average Bonchev–Trinajstić information content (AvgIpc) is 3.39. The van der Waals surface area contributed by atoms with Crippen molar-refractivity contribution < 1.29 is 18.8 Å². The van der Waals surface area contributed by atoms with Gasteiger partial charge in [0.05, 0.1) is 11.6 Å². The van der Waals surface area contributed by atoms with Gasteiger partial charge in [-0.25, -0.2) is 9.69 Å². The topological polar surface area (TPSA) is 115 Å². The summed E-state index contributed by atoms with van der Waals surface area (Å²) in [5.74, 6) is -0.325. The summed E-state index contributed by atoms with van der Waals surface area (Å²) in [6, 6.07) is 19.1. The van der Waals surface area contributed by atoms with Crippen molar-refractivity contribution in [3.63, 3.8) is 0 Å². The molecule has 2 N–H and O–H groups in total. The van der Waals surface area contributed by atoms with Gasteiger partial charge in [0.25, 0.3) is 5.91 Å². The van der Waals surface area contributed by atoms with Gasteiger partial charge < -0.3 is 15.1 Å². The minimum absolute atomic E-state index is 0.00349. The highest BCUT2D eigenvalue weighted by molar-refractivity contribution is 6.15. The summed E-state index contributed by atoms with van der Waals surface area (Å²) >= 11 is 0. The second kappa shape index (κ2) is 9.24. The molecule has 4 rings (SSSR count). The lowest BCUT2D eigenvalue weighted by atomic mass is 10.1. The number of nitrogens with one attached hydrogen (secondary N) is 2. The monoisotopic (exact) mass is 440 g/mol. The second-order valence-corrected chi connectivity index (χ2v) is 7.30. The number of urea groups is 1. The fourth-order valence-corrected chi connectivity index (χ4v) is 3.51. The van der Waals surface area contributed by atoms with Crippen molar-refractivity contribution in [1.29, 1.82) is 5.26 Å². The molecule has 2 heterocycles. The summed E-state index contributed by atoms with van der Waals surface area (Å²) in [7, 11) is 0. The van der Waals surface area contributed by atoms with Gasteiger partial charge in [-0.15, -0.1) is 0 Å². The molecule has 0 radical (unpaired) electrons. The smallest absolute Gasteiger partial charge is 0.329 e. The Morgan fingerprint density at radius 1 is 1.12 bits per heavy atom. The van der Waals surface area contributed by atoms with E-state index in [9.17, 15) is 19.6 Å². The number of hydrogen-bond acceptors (Lipinski definition) is 5. The third-order valence-corrected chi connectivity index (χ3v) is 5.16. The fourth-order valence-electron chi connectivity index (χ4n) is 3.51. The van der Waals surface area contributed by atoms with Crippen LogP contribution in [0.15, 0.2) is 70.8 Å². The minimum Gasteiger partial charge on any atom is -0.457 e. The number of aryl methyl sites for hydroxylation is 1. The number of imide groups is 1. The van der Waals surface area contributed by atoms with Crippen LogP contribution in [-0.2, 0) is 16.0 Å². The van der Waals surface area contributed by atoms with Gasteiger partial charge >= 0.3 is 6.03 Å². The van der Waals surface area contributed by atoms with E-state index in [1.807, 2.05) is 19.1 Å². The summed E-state index contributed by atoms with van der Waals surface area (Å²) in [6.45, 7) is 1.55. The Labute approximate surface area is 190 Å². The van der Waals surface area contributed by atoms with Crippen LogP contribution in [0.2, 0.25) is 0 Å². The minimum atomic E-state index is -0.688. The molecule has 33 heavy (non-hydrogen) atoms. The summed E-state index contributed by atoms with van der Waals surface area (Å²) in [6.07, 6.45) is 2.12. The van der Waals surface area contributed by atoms with Crippen molar-refractivity contribution in [2.45, 2.75) is 13.3 Å². The standard InChI is InChI=1S/C25H20N4O4/c1-2-16-7-4-6-10-20(16)27-23(30)15-29-24(31)21(28-25(29)32)13-18-11-12-22(33-18)19-9-5-3-8-17(19)14-26/h3-13H,2,15H2,1H3,(H,27,30)(H,28,32)/b21-13+. The van der Waals surface area contributed by atoms with Crippen molar-refractivity contribution in [1.82, 2.24) is 10.2 Å². The largest absolute Gasteiger partial charge is 0.457 e. The number of nitrogens with zero attached hydrogens (tertiary/aromatic N) is 2. The molecule has 8 heteroatoms. The third-order valence-electron chi connectivity index (χ3n) is 5.16. The molecule has 0 unspecified atom stereocenters. The molecule has 4 amide bonds. The zero-order valence-electron chi connectivity index (χ0n) is 17.8. The number of anilines is 1. The molecule has 1 fully saturated rings. The highest BCUT2D eigenvalue weighted by Gasteiger charge is 2.35. The van der Waals surface area contributed by atoms with Gasteiger partial charge in [-0.1, -0.05) is 37.3 Å². The normalized spacial score (nSPS) is 14.3. The average molecular weight is 440 g/mol. The maximum Gasteiger partial charge on any atom is 0.329 e. The van der Waals surface area contributed by atoms with E-state index >= 15 is 0 Å². The molecule has 164 valence electrons. The van der Waals surface area contributed by atoms with Crippen LogP contribution >= 0.6 is 0 Å². The van der Waals surface area contributed by atoms with Crippen molar-refractivity contribution in [2.75, 3.05) is 11.9 Å². The fraction of sp³-hybridized carbons (Fsp3) is 0.120. The molecular formula is C25H20N4O4. The SMILES string of the molecule is CCc1ccccc1NC(=O)CN1C(=O)N/C(=C/c2ccc(-c3ccccc3C#N)o2)C1=O. The molecule has 1 aliphatic heterocycles. The Morgan fingerprint density at radius 3 is 2.67 bits per heavy atom. The molecular weight excluding hydrogens is 420 g/mol. The highest BCUT2D eigenvalue weighted by Crippen LogP contribution is 2.27. The van der Waals surface area contributed by atoms with E-state index in [0.29, 0.717) is 28.3 Å². The number of amides is 4. The molecule has 0 bridgehead atoms. The first-order valence-electron chi connectivity index (χ1n) is 10.3.